The summed E-state index contributed by atoms with van der Waals surface area (Å²) >= 11 is 0. The van der Waals surface area contributed by atoms with E-state index in [-0.39, 0.29) is 17.6 Å². The molecule has 1 N–H and O–H groups in total. The van der Waals surface area contributed by atoms with Gasteiger partial charge in [-0.1, -0.05) is 0 Å². The monoisotopic (exact) mass is 291 g/mol. The first kappa shape index (κ1) is 15.4. The Bertz CT molecular complexity index is 539. The molecule has 0 aromatic heterocycles. The third-order valence-electron chi connectivity index (χ3n) is 3.96. The molecule has 0 bridgehead atoms. The van der Waals surface area contributed by atoms with E-state index < -0.39 is 4.92 Å². The smallest absolute Gasteiger partial charge is 0.269 e. The van der Waals surface area contributed by atoms with Crippen LogP contribution < -0.4 is 5.32 Å². The zero-order chi connectivity index (χ0) is 15.4. The number of carbonyl (C=O) groups excluding carboxylic acids is 1. The number of piperidine rings is 1. The number of likely N-dealkylation sites (N-methyl/N-ethyl adjacent to an activating group) is 1. The molecule has 1 amide bonds. The van der Waals surface area contributed by atoms with Gasteiger partial charge in [0.2, 0.25) is 0 Å². The number of nitrogens with one attached hydrogen (secondary N) is 1. The molecule has 0 radical (unpaired) electrons. The van der Waals surface area contributed by atoms with Crippen molar-refractivity contribution < 1.29 is 9.72 Å². The van der Waals surface area contributed by atoms with Gasteiger partial charge in [0, 0.05) is 36.8 Å². The predicted molar refractivity (Wildman–Crippen MR) is 80.4 cm³/mol. The average molecular weight is 291 g/mol. The van der Waals surface area contributed by atoms with E-state index in [4.69, 9.17) is 0 Å². The number of benzene rings is 1. The number of carbonyl (C=O) groups is 1. The third kappa shape index (κ3) is 3.39. The molecule has 1 atom stereocenters. The van der Waals surface area contributed by atoms with Gasteiger partial charge in [0.15, 0.2) is 0 Å². The van der Waals surface area contributed by atoms with Gasteiger partial charge in [-0.25, -0.2) is 0 Å². The van der Waals surface area contributed by atoms with E-state index in [0.717, 1.165) is 25.9 Å². The summed E-state index contributed by atoms with van der Waals surface area (Å²) in [4.78, 5) is 24.9. The van der Waals surface area contributed by atoms with Gasteiger partial charge in [-0.2, -0.15) is 0 Å². The van der Waals surface area contributed by atoms with E-state index in [1.165, 1.54) is 12.1 Å². The minimum Gasteiger partial charge on any atom is -0.335 e. The summed E-state index contributed by atoms with van der Waals surface area (Å²) in [5.41, 5.74) is 1.22. The average Bonchev–Trinajstić information content (AvgIpc) is 2.48. The number of nitro benzene ring substituents is 1. The Morgan fingerprint density at radius 3 is 2.81 bits per heavy atom. The second-order valence-corrected chi connectivity index (χ2v) is 5.35. The first-order valence-electron chi connectivity index (χ1n) is 7.31. The van der Waals surface area contributed by atoms with Gasteiger partial charge in [-0.05, 0) is 44.9 Å². The Morgan fingerprint density at radius 1 is 1.52 bits per heavy atom. The van der Waals surface area contributed by atoms with Gasteiger partial charge in [-0.3, -0.25) is 14.9 Å². The molecule has 1 saturated heterocycles. The molecule has 1 fully saturated rings. The van der Waals surface area contributed by atoms with Crippen LogP contribution in [0.2, 0.25) is 0 Å². The van der Waals surface area contributed by atoms with Crippen molar-refractivity contribution in [2.45, 2.75) is 32.7 Å². The highest BCUT2D eigenvalue weighted by molar-refractivity contribution is 5.96. The van der Waals surface area contributed by atoms with Crippen molar-refractivity contribution in [3.05, 3.63) is 39.4 Å². The summed E-state index contributed by atoms with van der Waals surface area (Å²) in [6.07, 6.45) is 2.06. The maximum Gasteiger partial charge on any atom is 0.269 e. The number of aryl methyl sites for hydroxylation is 1. The minimum absolute atomic E-state index is 0.0198. The van der Waals surface area contributed by atoms with E-state index in [1.807, 2.05) is 11.8 Å². The lowest BCUT2D eigenvalue weighted by Gasteiger charge is -2.34. The second kappa shape index (κ2) is 6.67. The lowest BCUT2D eigenvalue weighted by molar-refractivity contribution is -0.384. The molecule has 1 aromatic rings. The van der Waals surface area contributed by atoms with Gasteiger partial charge in [0.1, 0.15) is 0 Å². The fourth-order valence-corrected chi connectivity index (χ4v) is 2.82. The van der Waals surface area contributed by atoms with E-state index in [2.05, 4.69) is 5.32 Å². The van der Waals surface area contributed by atoms with E-state index in [1.54, 1.807) is 13.0 Å². The third-order valence-corrected chi connectivity index (χ3v) is 3.96. The van der Waals surface area contributed by atoms with Crippen molar-refractivity contribution in [3.63, 3.8) is 0 Å². The first-order chi connectivity index (χ1) is 10.0. The Morgan fingerprint density at radius 2 is 2.29 bits per heavy atom. The number of hydrogen-bond acceptors (Lipinski definition) is 4. The molecule has 2 rings (SSSR count). The van der Waals surface area contributed by atoms with E-state index in [0.29, 0.717) is 17.7 Å². The van der Waals surface area contributed by atoms with Crippen LogP contribution in [-0.2, 0) is 0 Å². The summed E-state index contributed by atoms with van der Waals surface area (Å²) in [6, 6.07) is 4.62. The fourth-order valence-electron chi connectivity index (χ4n) is 2.82. The van der Waals surface area contributed by atoms with Gasteiger partial charge < -0.3 is 10.2 Å². The number of nitro groups is 1. The first-order valence-corrected chi connectivity index (χ1v) is 7.31. The number of rotatable bonds is 4. The van der Waals surface area contributed by atoms with Crippen molar-refractivity contribution in [3.8, 4) is 0 Å². The largest absolute Gasteiger partial charge is 0.335 e. The Balaban J connectivity index is 2.22. The highest BCUT2D eigenvalue weighted by Crippen LogP contribution is 2.20. The number of nitrogens with zero attached hydrogens (tertiary/aromatic N) is 2. The van der Waals surface area contributed by atoms with E-state index >= 15 is 0 Å². The molecule has 1 unspecified atom stereocenters. The van der Waals surface area contributed by atoms with Crippen LogP contribution in [0.3, 0.4) is 0 Å². The SMILES string of the molecule is CCN(C(=O)c1ccc([N+](=O)[O-])cc1C)C1CCCNC1. The molecule has 1 aliphatic rings. The normalized spacial score (nSPS) is 18.3. The summed E-state index contributed by atoms with van der Waals surface area (Å²) < 4.78 is 0. The highest BCUT2D eigenvalue weighted by atomic mass is 16.6. The lowest BCUT2D eigenvalue weighted by Crippen LogP contribution is -2.48. The molecular weight excluding hydrogens is 270 g/mol. The molecule has 0 aliphatic carbocycles. The van der Waals surface area contributed by atoms with Crippen molar-refractivity contribution in [1.82, 2.24) is 10.2 Å². The van der Waals surface area contributed by atoms with Crippen LogP contribution in [0.25, 0.3) is 0 Å². The number of hydrogen-bond donors (Lipinski definition) is 1. The molecule has 1 aliphatic heterocycles. The van der Waals surface area contributed by atoms with Crippen molar-refractivity contribution in [2.24, 2.45) is 0 Å². The maximum absolute atomic E-state index is 12.7. The van der Waals surface area contributed by atoms with Crippen molar-refractivity contribution in [2.75, 3.05) is 19.6 Å². The lowest BCUT2D eigenvalue weighted by atomic mass is 10.0. The molecule has 0 saturated carbocycles. The minimum atomic E-state index is -0.441. The summed E-state index contributed by atoms with van der Waals surface area (Å²) in [5, 5.41) is 14.1. The van der Waals surface area contributed by atoms with Crippen LogP contribution in [0.1, 0.15) is 35.7 Å². The Hall–Kier alpha value is -1.95. The summed E-state index contributed by atoms with van der Waals surface area (Å²) in [5.74, 6) is -0.0430. The topological polar surface area (TPSA) is 75.5 Å². The molecule has 6 nitrogen and oxygen atoms in total. The summed E-state index contributed by atoms with van der Waals surface area (Å²) in [7, 11) is 0. The van der Waals surface area contributed by atoms with Crippen LogP contribution in [-0.4, -0.2) is 41.4 Å². The van der Waals surface area contributed by atoms with Crippen LogP contribution in [0.15, 0.2) is 18.2 Å². The van der Waals surface area contributed by atoms with Gasteiger partial charge in [0.05, 0.1) is 4.92 Å². The molecule has 114 valence electrons. The molecule has 0 spiro atoms. The second-order valence-electron chi connectivity index (χ2n) is 5.35. The Labute approximate surface area is 124 Å². The van der Waals surface area contributed by atoms with Gasteiger partial charge in [-0.15, -0.1) is 0 Å². The molecule has 6 heteroatoms. The van der Waals surface area contributed by atoms with Crippen molar-refractivity contribution in [1.29, 1.82) is 0 Å². The number of amides is 1. The summed E-state index contributed by atoms with van der Waals surface area (Å²) in [6.45, 7) is 6.16. The maximum atomic E-state index is 12.7. The molecule has 21 heavy (non-hydrogen) atoms. The molecule has 1 heterocycles. The molecule has 1 aromatic carbocycles. The predicted octanol–water partition coefficient (Wildman–Crippen LogP) is 2.12. The van der Waals surface area contributed by atoms with E-state index in [9.17, 15) is 14.9 Å². The standard InChI is InChI=1S/C15H21N3O3/c1-3-17(13-5-4-8-16-10-13)15(19)14-7-6-12(18(20)21)9-11(14)2/h6-7,9,13,16H,3-5,8,10H2,1-2H3. The van der Waals surface area contributed by atoms with Gasteiger partial charge >= 0.3 is 0 Å². The van der Waals surface area contributed by atoms with Crippen molar-refractivity contribution >= 4 is 11.6 Å². The highest BCUT2D eigenvalue weighted by Gasteiger charge is 2.26. The van der Waals surface area contributed by atoms with Crippen LogP contribution in [0.4, 0.5) is 5.69 Å². The van der Waals surface area contributed by atoms with Crippen LogP contribution >= 0.6 is 0 Å². The van der Waals surface area contributed by atoms with Crippen LogP contribution in [0, 0.1) is 17.0 Å². The fraction of sp³-hybridized carbons (Fsp3) is 0.533. The zero-order valence-corrected chi connectivity index (χ0v) is 12.5. The number of non-ortho nitro benzene ring substituents is 1. The Kier molecular flexibility index (Phi) is 4.90. The zero-order valence-electron chi connectivity index (χ0n) is 12.5. The quantitative estimate of drug-likeness (QED) is 0.681. The molecular formula is C15H21N3O3. The van der Waals surface area contributed by atoms with Crippen LogP contribution in [0.5, 0.6) is 0 Å². The van der Waals surface area contributed by atoms with Gasteiger partial charge in [0.25, 0.3) is 11.6 Å².